The average molecular weight is 265 g/mol. The monoisotopic (exact) mass is 265 g/mol. The van der Waals surface area contributed by atoms with Gasteiger partial charge in [0.25, 0.3) is 5.91 Å². The Labute approximate surface area is 112 Å². The maximum atomic E-state index is 11.7. The summed E-state index contributed by atoms with van der Waals surface area (Å²) in [5.41, 5.74) is 0. The highest BCUT2D eigenvalue weighted by Gasteiger charge is 2.15. The molecule has 0 radical (unpaired) electrons. The van der Waals surface area contributed by atoms with Gasteiger partial charge in [0.2, 0.25) is 6.79 Å². The summed E-state index contributed by atoms with van der Waals surface area (Å²) in [6.45, 7) is 6.32. The zero-order valence-electron chi connectivity index (χ0n) is 11.4. The molecule has 0 unspecified atom stereocenters. The lowest BCUT2D eigenvalue weighted by Crippen LogP contribution is -2.38. The van der Waals surface area contributed by atoms with E-state index in [2.05, 4.69) is 19.2 Å². The minimum atomic E-state index is -0.126. The molecule has 0 spiro atoms. The maximum Gasteiger partial charge on any atom is 0.258 e. The summed E-state index contributed by atoms with van der Waals surface area (Å²) in [6, 6.07) is 5.38. The van der Waals surface area contributed by atoms with Gasteiger partial charge in [-0.3, -0.25) is 4.79 Å². The van der Waals surface area contributed by atoms with Crippen LogP contribution in [-0.2, 0) is 4.79 Å². The van der Waals surface area contributed by atoms with Crippen LogP contribution in [0.25, 0.3) is 0 Å². The molecule has 0 bridgehead atoms. The smallest absolute Gasteiger partial charge is 0.258 e. The number of ether oxygens (including phenoxy) is 3. The van der Waals surface area contributed by atoms with E-state index in [9.17, 15) is 4.79 Å². The molecule has 2 rings (SSSR count). The molecular weight excluding hydrogens is 246 g/mol. The van der Waals surface area contributed by atoms with E-state index in [1.807, 2.05) is 6.92 Å². The lowest BCUT2D eigenvalue weighted by molar-refractivity contribution is -0.124. The molecule has 1 heterocycles. The molecule has 1 atom stereocenters. The van der Waals surface area contributed by atoms with Gasteiger partial charge in [0.15, 0.2) is 18.1 Å². The van der Waals surface area contributed by atoms with Crippen LogP contribution in [0.2, 0.25) is 0 Å². The number of amides is 1. The van der Waals surface area contributed by atoms with Crippen LogP contribution in [-0.4, -0.2) is 25.3 Å². The topological polar surface area (TPSA) is 56.8 Å². The van der Waals surface area contributed by atoms with E-state index >= 15 is 0 Å². The highest BCUT2D eigenvalue weighted by atomic mass is 16.7. The van der Waals surface area contributed by atoms with Gasteiger partial charge < -0.3 is 19.5 Å². The number of hydrogen-bond donors (Lipinski definition) is 1. The zero-order chi connectivity index (χ0) is 13.8. The molecule has 1 aromatic carbocycles. The molecule has 5 nitrogen and oxygen atoms in total. The highest BCUT2D eigenvalue weighted by molar-refractivity contribution is 5.77. The first-order valence-corrected chi connectivity index (χ1v) is 6.38. The van der Waals surface area contributed by atoms with Gasteiger partial charge in [0.05, 0.1) is 0 Å². The molecule has 1 aromatic rings. The van der Waals surface area contributed by atoms with Gasteiger partial charge >= 0.3 is 0 Å². The molecule has 0 saturated carbocycles. The number of hydrogen-bond acceptors (Lipinski definition) is 4. The molecule has 0 fully saturated rings. The number of carbonyl (C=O) groups is 1. The summed E-state index contributed by atoms with van der Waals surface area (Å²) in [6.07, 6.45) is 0. The molecule has 1 N–H and O–H groups in total. The van der Waals surface area contributed by atoms with Crippen molar-refractivity contribution < 1.29 is 19.0 Å². The second-order valence-corrected chi connectivity index (χ2v) is 4.90. The number of fused-ring (bicyclic) bond motifs is 1. The highest BCUT2D eigenvalue weighted by Crippen LogP contribution is 2.34. The zero-order valence-corrected chi connectivity index (χ0v) is 11.4. The quantitative estimate of drug-likeness (QED) is 0.884. The average Bonchev–Trinajstić information content (AvgIpc) is 2.83. The van der Waals surface area contributed by atoms with Crippen LogP contribution in [0.15, 0.2) is 18.2 Å². The van der Waals surface area contributed by atoms with Crippen LogP contribution >= 0.6 is 0 Å². The molecule has 0 aromatic heterocycles. The van der Waals surface area contributed by atoms with Crippen molar-refractivity contribution in [3.05, 3.63) is 18.2 Å². The van der Waals surface area contributed by atoms with Crippen LogP contribution < -0.4 is 19.5 Å². The van der Waals surface area contributed by atoms with E-state index in [-0.39, 0.29) is 25.3 Å². The molecule has 19 heavy (non-hydrogen) atoms. The van der Waals surface area contributed by atoms with Crippen molar-refractivity contribution in [3.63, 3.8) is 0 Å². The van der Waals surface area contributed by atoms with E-state index in [1.165, 1.54) is 0 Å². The minimum absolute atomic E-state index is 0.00327. The van der Waals surface area contributed by atoms with Gasteiger partial charge in [0.1, 0.15) is 5.75 Å². The van der Waals surface area contributed by atoms with Gasteiger partial charge in [-0.15, -0.1) is 0 Å². The van der Waals surface area contributed by atoms with Gasteiger partial charge in [-0.1, -0.05) is 13.8 Å². The molecule has 104 valence electrons. The first-order chi connectivity index (χ1) is 9.06. The Bertz CT molecular complexity index is 459. The van der Waals surface area contributed by atoms with Crippen molar-refractivity contribution in [1.29, 1.82) is 0 Å². The second-order valence-electron chi connectivity index (χ2n) is 4.90. The molecule has 5 heteroatoms. The van der Waals surface area contributed by atoms with Gasteiger partial charge in [-0.05, 0) is 25.0 Å². The molecular formula is C14H19NO4. The van der Waals surface area contributed by atoms with Crippen molar-refractivity contribution >= 4 is 5.91 Å². The third kappa shape index (κ3) is 3.53. The summed E-state index contributed by atoms with van der Waals surface area (Å²) in [5, 5.41) is 2.88. The number of carbonyl (C=O) groups excluding carboxylic acids is 1. The Morgan fingerprint density at radius 1 is 1.32 bits per heavy atom. The Kier molecular flexibility index (Phi) is 4.14. The second kappa shape index (κ2) is 5.82. The largest absolute Gasteiger partial charge is 0.484 e. The lowest BCUT2D eigenvalue weighted by Gasteiger charge is -2.17. The SMILES string of the molecule is CC(C)[C@H](C)NC(=O)COc1ccc2c(c1)OCO2. The fourth-order valence-corrected chi connectivity index (χ4v) is 1.58. The van der Waals surface area contributed by atoms with E-state index in [1.54, 1.807) is 18.2 Å². The van der Waals surface area contributed by atoms with Crippen molar-refractivity contribution in [2.75, 3.05) is 13.4 Å². The Morgan fingerprint density at radius 2 is 2.05 bits per heavy atom. The van der Waals surface area contributed by atoms with Gasteiger partial charge in [-0.25, -0.2) is 0 Å². The van der Waals surface area contributed by atoms with E-state index in [4.69, 9.17) is 14.2 Å². The minimum Gasteiger partial charge on any atom is -0.484 e. The summed E-state index contributed by atoms with van der Waals surface area (Å²) >= 11 is 0. The first-order valence-electron chi connectivity index (χ1n) is 6.38. The summed E-state index contributed by atoms with van der Waals surface area (Å²) in [5.74, 6) is 2.21. The molecule has 1 amide bonds. The number of rotatable bonds is 5. The normalized spacial score (nSPS) is 14.3. The molecule has 1 aliphatic rings. The number of benzene rings is 1. The predicted octanol–water partition coefficient (Wildman–Crippen LogP) is 1.95. The van der Waals surface area contributed by atoms with Crippen molar-refractivity contribution in [3.8, 4) is 17.2 Å². The Morgan fingerprint density at radius 3 is 2.79 bits per heavy atom. The van der Waals surface area contributed by atoms with Crippen LogP contribution in [0.1, 0.15) is 20.8 Å². The van der Waals surface area contributed by atoms with E-state index < -0.39 is 0 Å². The Balaban J connectivity index is 1.84. The third-order valence-corrected chi connectivity index (χ3v) is 3.10. The lowest BCUT2D eigenvalue weighted by atomic mass is 10.1. The summed E-state index contributed by atoms with van der Waals surface area (Å²) < 4.78 is 15.9. The fraction of sp³-hybridized carbons (Fsp3) is 0.500. The number of nitrogens with one attached hydrogen (secondary N) is 1. The summed E-state index contributed by atoms with van der Waals surface area (Å²) in [4.78, 5) is 11.7. The standard InChI is InChI=1S/C14H19NO4/c1-9(2)10(3)15-14(16)7-17-11-4-5-12-13(6-11)19-8-18-12/h4-6,9-10H,7-8H2,1-3H3,(H,15,16)/t10-/m0/s1. The maximum absolute atomic E-state index is 11.7. The van der Waals surface area contributed by atoms with E-state index in [0.29, 0.717) is 23.2 Å². The van der Waals surface area contributed by atoms with Crippen molar-refractivity contribution in [2.45, 2.75) is 26.8 Å². The van der Waals surface area contributed by atoms with E-state index in [0.717, 1.165) is 0 Å². The van der Waals surface area contributed by atoms with Gasteiger partial charge in [0, 0.05) is 12.1 Å². The third-order valence-electron chi connectivity index (χ3n) is 3.10. The predicted molar refractivity (Wildman–Crippen MR) is 70.5 cm³/mol. The Hall–Kier alpha value is -1.91. The van der Waals surface area contributed by atoms with Crippen molar-refractivity contribution in [1.82, 2.24) is 5.32 Å². The van der Waals surface area contributed by atoms with Gasteiger partial charge in [-0.2, -0.15) is 0 Å². The van der Waals surface area contributed by atoms with Crippen LogP contribution in [0.5, 0.6) is 17.2 Å². The summed E-state index contributed by atoms with van der Waals surface area (Å²) in [7, 11) is 0. The molecule has 0 saturated heterocycles. The molecule has 0 aliphatic carbocycles. The van der Waals surface area contributed by atoms with Crippen LogP contribution in [0.3, 0.4) is 0 Å². The van der Waals surface area contributed by atoms with Crippen molar-refractivity contribution in [2.24, 2.45) is 5.92 Å². The first kappa shape index (κ1) is 13.5. The van der Waals surface area contributed by atoms with Crippen LogP contribution in [0, 0.1) is 5.92 Å². The van der Waals surface area contributed by atoms with Crippen LogP contribution in [0.4, 0.5) is 0 Å². The molecule has 1 aliphatic heterocycles. The fourth-order valence-electron chi connectivity index (χ4n) is 1.58.